The van der Waals surface area contributed by atoms with Crippen LogP contribution in [-0.4, -0.2) is 52.3 Å². The van der Waals surface area contributed by atoms with Crippen molar-refractivity contribution in [1.82, 2.24) is 25.4 Å². The van der Waals surface area contributed by atoms with Gasteiger partial charge in [0.25, 0.3) is 5.91 Å². The van der Waals surface area contributed by atoms with Gasteiger partial charge in [-0.3, -0.25) is 19.5 Å². The summed E-state index contributed by atoms with van der Waals surface area (Å²) < 4.78 is 41.4. The molecular weight excluding hydrogens is 487 g/mol. The molecule has 0 unspecified atom stereocenters. The first-order chi connectivity index (χ1) is 17.5. The average Bonchev–Trinajstić information content (AvgIpc) is 3.20. The average molecular weight is 516 g/mol. The van der Waals surface area contributed by atoms with Gasteiger partial charge in [-0.05, 0) is 35.6 Å². The lowest BCUT2D eigenvalue weighted by molar-refractivity contribution is -0.139. The van der Waals surface area contributed by atoms with Gasteiger partial charge in [0.15, 0.2) is 0 Å². The number of hydrogen-bond donors (Lipinski definition) is 2. The fourth-order valence-corrected chi connectivity index (χ4v) is 4.71. The van der Waals surface area contributed by atoms with Crippen molar-refractivity contribution in [1.29, 1.82) is 0 Å². The number of pyridine rings is 1. The smallest absolute Gasteiger partial charge is 0.350 e. The Bertz CT molecular complexity index is 1230. The standard InChI is InChI=1S/C26H28F3N5O3/c1-15(2)11-19(23(35)31-13-16-7-6-10-30-12-16)34-14-20-21(24(34)36)22(32-25(37)33(20)3)17-8-4-5-9-18(17)26(27,28)29/h4-10,12,15,19,22H,11,13-14H2,1-3H3,(H,31,35)(H,32,37)/t19-,22-/m0/s1. The maximum Gasteiger partial charge on any atom is 0.416 e. The predicted octanol–water partition coefficient (Wildman–Crippen LogP) is 3.62. The molecular formula is C26H28F3N5O3. The number of carbonyl (C=O) groups is 3. The third-order valence-electron chi connectivity index (χ3n) is 6.53. The molecule has 0 saturated carbocycles. The molecule has 3 heterocycles. The summed E-state index contributed by atoms with van der Waals surface area (Å²) in [5, 5.41) is 5.39. The SMILES string of the molecule is CC(C)C[C@@H](C(=O)NCc1cccnc1)N1CC2=C(C1=O)[C@H](c1ccccc1C(F)(F)F)NC(=O)N2C. The number of hydrogen-bond acceptors (Lipinski definition) is 4. The molecule has 0 saturated heterocycles. The first-order valence-electron chi connectivity index (χ1n) is 11.9. The number of amides is 4. The normalized spacial score (nSPS) is 18.7. The second kappa shape index (κ2) is 10.2. The Kier molecular flexibility index (Phi) is 7.24. The molecule has 8 nitrogen and oxygen atoms in total. The third kappa shape index (κ3) is 5.30. The largest absolute Gasteiger partial charge is 0.416 e. The Morgan fingerprint density at radius 3 is 2.57 bits per heavy atom. The van der Waals surface area contributed by atoms with Crippen LogP contribution in [-0.2, 0) is 22.3 Å². The highest BCUT2D eigenvalue weighted by molar-refractivity contribution is 6.03. The topological polar surface area (TPSA) is 94.6 Å². The summed E-state index contributed by atoms with van der Waals surface area (Å²) >= 11 is 0. The van der Waals surface area contributed by atoms with E-state index in [1.807, 2.05) is 13.8 Å². The van der Waals surface area contributed by atoms with Gasteiger partial charge in [-0.2, -0.15) is 13.2 Å². The van der Waals surface area contributed by atoms with Gasteiger partial charge < -0.3 is 15.5 Å². The molecule has 0 radical (unpaired) electrons. The Labute approximate surface area is 212 Å². The van der Waals surface area contributed by atoms with E-state index in [1.54, 1.807) is 24.5 Å². The number of benzene rings is 1. The molecule has 2 aliphatic rings. The molecule has 2 atom stereocenters. The number of urea groups is 1. The van der Waals surface area contributed by atoms with Crippen LogP contribution in [0.2, 0.25) is 0 Å². The van der Waals surface area contributed by atoms with E-state index in [9.17, 15) is 27.6 Å². The Balaban J connectivity index is 1.67. The predicted molar refractivity (Wildman–Crippen MR) is 129 cm³/mol. The molecule has 0 spiro atoms. The first-order valence-corrected chi connectivity index (χ1v) is 11.9. The number of carbonyl (C=O) groups excluding carboxylic acids is 3. The molecule has 1 aromatic carbocycles. The van der Waals surface area contributed by atoms with Gasteiger partial charge in [-0.1, -0.05) is 38.1 Å². The van der Waals surface area contributed by atoms with Crippen molar-refractivity contribution in [2.75, 3.05) is 13.6 Å². The van der Waals surface area contributed by atoms with Gasteiger partial charge in [0.1, 0.15) is 6.04 Å². The van der Waals surface area contributed by atoms with Crippen LogP contribution in [0.4, 0.5) is 18.0 Å². The molecule has 0 bridgehead atoms. The minimum Gasteiger partial charge on any atom is -0.350 e. The van der Waals surface area contributed by atoms with Crippen molar-refractivity contribution in [2.45, 2.75) is 45.1 Å². The molecule has 2 N–H and O–H groups in total. The number of halogens is 3. The van der Waals surface area contributed by atoms with Crippen molar-refractivity contribution >= 4 is 17.8 Å². The van der Waals surface area contributed by atoms with E-state index < -0.39 is 35.8 Å². The summed E-state index contributed by atoms with van der Waals surface area (Å²) in [4.78, 5) is 46.4. The Morgan fingerprint density at radius 1 is 1.19 bits per heavy atom. The van der Waals surface area contributed by atoms with Crippen molar-refractivity contribution < 1.29 is 27.6 Å². The molecule has 1 aromatic heterocycles. The second-order valence-electron chi connectivity index (χ2n) is 9.54. The molecule has 0 aliphatic carbocycles. The number of likely N-dealkylation sites (N-methyl/N-ethyl adjacent to an activating group) is 1. The minimum absolute atomic E-state index is 0.0348. The minimum atomic E-state index is -4.68. The Morgan fingerprint density at radius 2 is 1.92 bits per heavy atom. The van der Waals surface area contributed by atoms with Crippen LogP contribution in [0.15, 0.2) is 60.1 Å². The van der Waals surface area contributed by atoms with Crippen LogP contribution < -0.4 is 10.6 Å². The molecule has 11 heteroatoms. The molecule has 2 aliphatic heterocycles. The molecule has 4 amide bonds. The number of nitrogens with one attached hydrogen (secondary N) is 2. The lowest BCUT2D eigenvalue weighted by Gasteiger charge is -2.32. The van der Waals surface area contributed by atoms with Gasteiger partial charge >= 0.3 is 12.2 Å². The van der Waals surface area contributed by atoms with Crippen molar-refractivity contribution in [3.63, 3.8) is 0 Å². The lowest BCUT2D eigenvalue weighted by atomic mass is 9.91. The number of rotatable bonds is 7. The van der Waals surface area contributed by atoms with E-state index in [4.69, 9.17) is 0 Å². The van der Waals surface area contributed by atoms with E-state index >= 15 is 0 Å². The van der Waals surface area contributed by atoms with Gasteiger partial charge in [0, 0.05) is 26.0 Å². The van der Waals surface area contributed by atoms with Crippen molar-refractivity contribution in [3.05, 3.63) is 76.8 Å². The molecule has 2 aromatic rings. The summed E-state index contributed by atoms with van der Waals surface area (Å²) in [6.45, 7) is 3.96. The van der Waals surface area contributed by atoms with Crippen LogP contribution in [0.3, 0.4) is 0 Å². The summed E-state index contributed by atoms with van der Waals surface area (Å²) in [5.41, 5.74) is -0.0590. The highest BCUT2D eigenvalue weighted by Gasteiger charge is 2.48. The van der Waals surface area contributed by atoms with Crippen molar-refractivity contribution in [2.24, 2.45) is 5.92 Å². The van der Waals surface area contributed by atoms with Gasteiger partial charge in [-0.25, -0.2) is 4.79 Å². The van der Waals surface area contributed by atoms with Crippen LogP contribution in [0.5, 0.6) is 0 Å². The quantitative estimate of drug-likeness (QED) is 0.589. The van der Waals surface area contributed by atoms with E-state index in [-0.39, 0.29) is 41.7 Å². The van der Waals surface area contributed by atoms with Crippen molar-refractivity contribution in [3.8, 4) is 0 Å². The zero-order chi connectivity index (χ0) is 26.9. The maximum absolute atomic E-state index is 13.8. The van der Waals surface area contributed by atoms with Crippen LogP contribution in [0, 0.1) is 5.92 Å². The van der Waals surface area contributed by atoms with E-state index in [2.05, 4.69) is 15.6 Å². The number of alkyl halides is 3. The third-order valence-corrected chi connectivity index (χ3v) is 6.53. The van der Waals surface area contributed by atoms with E-state index in [0.29, 0.717) is 6.42 Å². The van der Waals surface area contributed by atoms with Crippen LogP contribution in [0.1, 0.15) is 43.0 Å². The fourth-order valence-electron chi connectivity index (χ4n) is 4.71. The van der Waals surface area contributed by atoms with Gasteiger partial charge in [-0.15, -0.1) is 0 Å². The molecule has 37 heavy (non-hydrogen) atoms. The summed E-state index contributed by atoms with van der Waals surface area (Å²) in [7, 11) is 1.45. The lowest BCUT2D eigenvalue weighted by Crippen LogP contribution is -2.49. The maximum atomic E-state index is 13.8. The summed E-state index contributed by atoms with van der Waals surface area (Å²) in [5.74, 6) is -0.926. The highest BCUT2D eigenvalue weighted by atomic mass is 19.4. The highest BCUT2D eigenvalue weighted by Crippen LogP contribution is 2.41. The summed E-state index contributed by atoms with van der Waals surface area (Å²) in [6, 6.07) is 5.61. The molecule has 0 fully saturated rings. The van der Waals surface area contributed by atoms with E-state index in [0.717, 1.165) is 11.6 Å². The zero-order valence-corrected chi connectivity index (χ0v) is 20.7. The Hall–Kier alpha value is -3.89. The number of aromatic nitrogens is 1. The summed E-state index contributed by atoms with van der Waals surface area (Å²) in [6.07, 6.45) is -1.11. The van der Waals surface area contributed by atoms with Crippen LogP contribution in [0.25, 0.3) is 0 Å². The molecule has 4 rings (SSSR count). The van der Waals surface area contributed by atoms with Crippen LogP contribution >= 0.6 is 0 Å². The fraction of sp³-hybridized carbons (Fsp3) is 0.385. The van der Waals surface area contributed by atoms with Gasteiger partial charge in [0.2, 0.25) is 5.91 Å². The second-order valence-corrected chi connectivity index (χ2v) is 9.54. The van der Waals surface area contributed by atoms with E-state index in [1.165, 1.54) is 35.0 Å². The van der Waals surface area contributed by atoms with Gasteiger partial charge in [0.05, 0.1) is 29.4 Å². The molecule has 196 valence electrons. The zero-order valence-electron chi connectivity index (χ0n) is 20.7. The first kappa shape index (κ1) is 26.2. The number of nitrogens with zero attached hydrogens (tertiary/aromatic N) is 3. The monoisotopic (exact) mass is 515 g/mol.